The molecular weight excluding hydrogens is 228 g/mol. The summed E-state index contributed by atoms with van der Waals surface area (Å²) < 4.78 is 0.370. The number of hydrogen-bond donors (Lipinski definition) is 1. The standard InChI is InChI=1S/C14H22N2S/c1-14(2)11-16(8-9-17-14)10-13(15)12-6-4-3-5-7-12/h3-7,13H,8-11,15H2,1-2H3. The summed E-state index contributed by atoms with van der Waals surface area (Å²) in [5.74, 6) is 1.22. The molecule has 0 amide bonds. The highest BCUT2D eigenvalue weighted by Crippen LogP contribution is 2.30. The maximum absolute atomic E-state index is 6.27. The predicted octanol–water partition coefficient (Wildman–Crippen LogP) is 2.51. The van der Waals surface area contributed by atoms with Gasteiger partial charge in [0.25, 0.3) is 0 Å². The molecule has 1 heterocycles. The van der Waals surface area contributed by atoms with Crippen LogP contribution in [0.25, 0.3) is 0 Å². The minimum atomic E-state index is 0.134. The van der Waals surface area contributed by atoms with Crippen LogP contribution in [0.5, 0.6) is 0 Å². The van der Waals surface area contributed by atoms with Gasteiger partial charge in [-0.1, -0.05) is 30.3 Å². The largest absolute Gasteiger partial charge is 0.323 e. The van der Waals surface area contributed by atoms with E-state index >= 15 is 0 Å². The smallest absolute Gasteiger partial charge is 0.0424 e. The Bertz CT molecular complexity index is 350. The van der Waals surface area contributed by atoms with E-state index in [-0.39, 0.29) is 6.04 Å². The van der Waals surface area contributed by atoms with E-state index in [4.69, 9.17) is 5.73 Å². The lowest BCUT2D eigenvalue weighted by Gasteiger charge is -2.38. The molecule has 2 nitrogen and oxygen atoms in total. The van der Waals surface area contributed by atoms with E-state index in [1.165, 1.54) is 11.3 Å². The Balaban J connectivity index is 1.93. The van der Waals surface area contributed by atoms with Crippen LogP contribution in [0.3, 0.4) is 0 Å². The minimum absolute atomic E-state index is 0.134. The van der Waals surface area contributed by atoms with Gasteiger partial charge in [0, 0.05) is 36.2 Å². The first kappa shape index (κ1) is 12.9. The average molecular weight is 250 g/mol. The fraction of sp³-hybridized carbons (Fsp3) is 0.571. The summed E-state index contributed by atoms with van der Waals surface area (Å²) in [6.07, 6.45) is 0. The van der Waals surface area contributed by atoms with Crippen LogP contribution in [0.2, 0.25) is 0 Å². The zero-order valence-corrected chi connectivity index (χ0v) is 11.5. The molecule has 0 spiro atoms. The van der Waals surface area contributed by atoms with Crippen molar-refractivity contribution in [2.24, 2.45) is 5.73 Å². The quantitative estimate of drug-likeness (QED) is 0.894. The molecule has 0 bridgehead atoms. The second-order valence-corrected chi connectivity index (χ2v) is 7.16. The van der Waals surface area contributed by atoms with Crippen LogP contribution in [0, 0.1) is 0 Å². The van der Waals surface area contributed by atoms with Crippen molar-refractivity contribution in [3.05, 3.63) is 35.9 Å². The first-order valence-corrected chi connectivity index (χ1v) is 7.22. The van der Waals surface area contributed by atoms with Gasteiger partial charge in [-0.15, -0.1) is 0 Å². The lowest BCUT2D eigenvalue weighted by molar-refractivity contribution is 0.246. The van der Waals surface area contributed by atoms with Crippen molar-refractivity contribution in [2.75, 3.05) is 25.4 Å². The molecule has 1 aliphatic rings. The second-order valence-electron chi connectivity index (χ2n) is 5.36. The van der Waals surface area contributed by atoms with Gasteiger partial charge in [-0.25, -0.2) is 0 Å². The van der Waals surface area contributed by atoms with E-state index in [0.29, 0.717) is 4.75 Å². The molecule has 0 saturated carbocycles. The van der Waals surface area contributed by atoms with Gasteiger partial charge in [0.2, 0.25) is 0 Å². The van der Waals surface area contributed by atoms with Gasteiger partial charge in [0.05, 0.1) is 0 Å². The Kier molecular flexibility index (Phi) is 4.13. The van der Waals surface area contributed by atoms with Crippen molar-refractivity contribution in [3.63, 3.8) is 0 Å². The lowest BCUT2D eigenvalue weighted by Crippen LogP contribution is -2.45. The molecule has 1 atom stereocenters. The number of nitrogens with two attached hydrogens (primary N) is 1. The van der Waals surface area contributed by atoms with Crippen LogP contribution in [0.15, 0.2) is 30.3 Å². The highest BCUT2D eigenvalue weighted by molar-refractivity contribution is 8.00. The molecule has 2 N–H and O–H groups in total. The molecule has 94 valence electrons. The van der Waals surface area contributed by atoms with Gasteiger partial charge >= 0.3 is 0 Å². The third kappa shape index (κ3) is 3.73. The van der Waals surface area contributed by atoms with Crippen molar-refractivity contribution >= 4 is 11.8 Å². The Morgan fingerprint density at radius 2 is 2.06 bits per heavy atom. The molecule has 0 aliphatic carbocycles. The van der Waals surface area contributed by atoms with Crippen LogP contribution in [0.4, 0.5) is 0 Å². The highest BCUT2D eigenvalue weighted by Gasteiger charge is 2.27. The zero-order valence-electron chi connectivity index (χ0n) is 10.7. The highest BCUT2D eigenvalue weighted by atomic mass is 32.2. The molecule has 1 saturated heterocycles. The van der Waals surface area contributed by atoms with Crippen molar-refractivity contribution in [1.29, 1.82) is 0 Å². The molecule has 0 radical (unpaired) electrons. The predicted molar refractivity (Wildman–Crippen MR) is 76.3 cm³/mol. The molecule has 17 heavy (non-hydrogen) atoms. The molecule has 1 aliphatic heterocycles. The third-order valence-electron chi connectivity index (χ3n) is 3.19. The molecule has 0 aromatic heterocycles. The van der Waals surface area contributed by atoms with Gasteiger partial charge in [-0.2, -0.15) is 11.8 Å². The average Bonchev–Trinajstić information content (AvgIpc) is 2.29. The van der Waals surface area contributed by atoms with E-state index in [1.807, 2.05) is 6.07 Å². The van der Waals surface area contributed by atoms with E-state index in [2.05, 4.69) is 54.8 Å². The van der Waals surface area contributed by atoms with Gasteiger partial charge in [0.1, 0.15) is 0 Å². The van der Waals surface area contributed by atoms with E-state index in [0.717, 1.165) is 19.6 Å². The lowest BCUT2D eigenvalue weighted by atomic mass is 10.1. The topological polar surface area (TPSA) is 29.3 Å². The number of benzene rings is 1. The maximum atomic E-state index is 6.27. The summed E-state index contributed by atoms with van der Waals surface area (Å²) in [5, 5.41) is 0. The summed E-state index contributed by atoms with van der Waals surface area (Å²) in [6.45, 7) is 7.90. The number of hydrogen-bond acceptors (Lipinski definition) is 3. The van der Waals surface area contributed by atoms with E-state index < -0.39 is 0 Å². The minimum Gasteiger partial charge on any atom is -0.323 e. The molecule has 1 aromatic carbocycles. The molecule has 1 unspecified atom stereocenters. The first-order chi connectivity index (χ1) is 8.07. The monoisotopic (exact) mass is 250 g/mol. The normalized spacial score (nSPS) is 22.3. The summed E-state index contributed by atoms with van der Waals surface area (Å²) in [5.41, 5.74) is 7.51. The van der Waals surface area contributed by atoms with Crippen LogP contribution in [-0.4, -0.2) is 35.0 Å². The third-order valence-corrected chi connectivity index (χ3v) is 4.48. The van der Waals surface area contributed by atoms with Crippen molar-refractivity contribution in [2.45, 2.75) is 24.6 Å². The van der Waals surface area contributed by atoms with Gasteiger partial charge in [-0.05, 0) is 19.4 Å². The Hall–Kier alpha value is -0.510. The van der Waals surface area contributed by atoms with Gasteiger partial charge in [-0.3, -0.25) is 4.90 Å². The molecule has 1 aromatic rings. The van der Waals surface area contributed by atoms with Crippen LogP contribution < -0.4 is 5.73 Å². The Labute approximate surface area is 109 Å². The Morgan fingerprint density at radius 3 is 2.71 bits per heavy atom. The SMILES string of the molecule is CC1(C)CN(CC(N)c2ccccc2)CCS1. The van der Waals surface area contributed by atoms with Gasteiger partial charge < -0.3 is 5.73 Å². The van der Waals surface area contributed by atoms with Crippen LogP contribution in [-0.2, 0) is 0 Å². The second kappa shape index (κ2) is 5.42. The summed E-state index contributed by atoms with van der Waals surface area (Å²) >= 11 is 2.06. The molecule has 1 fully saturated rings. The molecule has 3 heteroatoms. The number of nitrogens with zero attached hydrogens (tertiary/aromatic N) is 1. The van der Waals surface area contributed by atoms with Crippen LogP contribution in [0.1, 0.15) is 25.5 Å². The van der Waals surface area contributed by atoms with Crippen molar-refractivity contribution < 1.29 is 0 Å². The summed E-state index contributed by atoms with van der Waals surface area (Å²) in [7, 11) is 0. The fourth-order valence-electron chi connectivity index (χ4n) is 2.35. The first-order valence-electron chi connectivity index (χ1n) is 6.24. The van der Waals surface area contributed by atoms with Gasteiger partial charge in [0.15, 0.2) is 0 Å². The number of thioether (sulfide) groups is 1. The van der Waals surface area contributed by atoms with E-state index in [1.54, 1.807) is 0 Å². The fourth-order valence-corrected chi connectivity index (χ4v) is 3.53. The summed E-state index contributed by atoms with van der Waals surface area (Å²) in [6, 6.07) is 10.5. The zero-order chi connectivity index (χ0) is 12.3. The van der Waals surface area contributed by atoms with Crippen molar-refractivity contribution in [3.8, 4) is 0 Å². The molecule has 2 rings (SSSR count). The summed E-state index contributed by atoms with van der Waals surface area (Å²) in [4.78, 5) is 2.49. The van der Waals surface area contributed by atoms with E-state index in [9.17, 15) is 0 Å². The van der Waals surface area contributed by atoms with Crippen molar-refractivity contribution in [1.82, 2.24) is 4.90 Å². The maximum Gasteiger partial charge on any atom is 0.0424 e. The Morgan fingerprint density at radius 1 is 1.35 bits per heavy atom. The molecular formula is C14H22N2S. The number of rotatable bonds is 3. The van der Waals surface area contributed by atoms with Crippen LogP contribution >= 0.6 is 11.8 Å².